The summed E-state index contributed by atoms with van der Waals surface area (Å²) >= 11 is 6.60. The molecule has 2 heterocycles. The Bertz CT molecular complexity index is 1810. The van der Waals surface area contributed by atoms with Gasteiger partial charge >= 0.3 is 23.9 Å². The van der Waals surface area contributed by atoms with Gasteiger partial charge in [-0.3, -0.25) is 4.79 Å². The molecule has 0 saturated heterocycles. The molecule has 0 aromatic heterocycles. The maximum Gasteiger partial charge on any atom is 0.344 e. The van der Waals surface area contributed by atoms with Gasteiger partial charge in [-0.05, 0) is 43.9 Å². The first-order chi connectivity index (χ1) is 24.1. The highest BCUT2D eigenvalue weighted by molar-refractivity contribution is 6.31. The van der Waals surface area contributed by atoms with Crippen LogP contribution in [0.15, 0.2) is 56.9 Å². The van der Waals surface area contributed by atoms with E-state index in [0.29, 0.717) is 25.7 Å². The first kappa shape index (κ1) is 35.0. The number of ether oxygens (including phenoxy) is 6. The van der Waals surface area contributed by atoms with Gasteiger partial charge in [-0.15, -0.1) is 0 Å². The minimum absolute atomic E-state index is 0.0179. The van der Waals surface area contributed by atoms with Crippen LogP contribution >= 0.6 is 11.6 Å². The summed E-state index contributed by atoms with van der Waals surface area (Å²) in [7, 11) is 4.42. The number of carbonyl (C=O) groups is 4. The first-order valence-corrected chi connectivity index (χ1v) is 17.0. The number of fused-ring (bicyclic) bond motifs is 4. The Balaban J connectivity index is 1.81. The molecule has 2 aliphatic heterocycles. The molecule has 13 nitrogen and oxygen atoms in total. The Hall–Kier alpha value is -4.83. The fraction of sp³-hybridized carbons (Fsp3) is 0.500. The van der Waals surface area contributed by atoms with Gasteiger partial charge in [0.05, 0.1) is 45.8 Å². The lowest BCUT2D eigenvalue weighted by Crippen LogP contribution is -2.60. The molecule has 2 atom stereocenters. The standard InChI is InChI=1S/C36H38ClN3O10/c1-45-31(41)25-26(32(42)46-2)36(50-30(25)40-21-13-9-6-10-14-21)23-17-19(37)15-16-24(23)49-29-22(18-38)28(39-20-11-7-5-8-12-20)27(33(43)47-3)35(29,36)34(44)48-4/h15-17,20-21,39H,5-14H2,1-4H3/t35-,36+/m1/s1. The lowest BCUT2D eigenvalue weighted by molar-refractivity contribution is -0.167. The number of esters is 4. The molecule has 14 heteroatoms. The van der Waals surface area contributed by atoms with E-state index in [9.17, 15) is 24.4 Å². The maximum absolute atomic E-state index is 14.9. The summed E-state index contributed by atoms with van der Waals surface area (Å²) in [6.07, 6.45) is 8.32. The summed E-state index contributed by atoms with van der Waals surface area (Å²) in [6.45, 7) is 0. The van der Waals surface area contributed by atoms with Gasteiger partial charge in [-0.1, -0.05) is 50.1 Å². The van der Waals surface area contributed by atoms with E-state index < -0.39 is 51.6 Å². The molecule has 3 aliphatic carbocycles. The van der Waals surface area contributed by atoms with Crippen LogP contribution < -0.4 is 10.1 Å². The Morgan fingerprint density at radius 1 is 0.880 bits per heavy atom. The molecule has 1 aromatic rings. The number of carbonyl (C=O) groups excluding carboxylic acids is 4. The Kier molecular flexibility index (Phi) is 9.68. The highest BCUT2D eigenvalue weighted by Gasteiger charge is 2.79. The largest absolute Gasteiger partial charge is 0.468 e. The van der Waals surface area contributed by atoms with Crippen molar-refractivity contribution in [1.29, 1.82) is 5.26 Å². The van der Waals surface area contributed by atoms with Crippen LogP contribution in [0.4, 0.5) is 0 Å². The number of aliphatic imine (C=N–C) groups is 1. The molecule has 2 saturated carbocycles. The van der Waals surface area contributed by atoms with E-state index in [1.807, 2.05) is 0 Å². The van der Waals surface area contributed by atoms with Crippen LogP contribution in [-0.4, -0.2) is 70.3 Å². The number of hydrogen-bond acceptors (Lipinski definition) is 13. The topological polar surface area (TPSA) is 172 Å². The summed E-state index contributed by atoms with van der Waals surface area (Å²) < 4.78 is 34.6. The molecule has 0 amide bonds. The summed E-state index contributed by atoms with van der Waals surface area (Å²) in [5, 5.41) is 14.3. The maximum atomic E-state index is 14.9. The number of halogens is 1. The van der Waals surface area contributed by atoms with Crippen molar-refractivity contribution in [2.24, 2.45) is 10.4 Å². The molecule has 264 valence electrons. The van der Waals surface area contributed by atoms with Gasteiger partial charge in [0, 0.05) is 16.6 Å². The lowest BCUT2D eigenvalue weighted by Gasteiger charge is -2.48. The highest BCUT2D eigenvalue weighted by Crippen LogP contribution is 2.68. The summed E-state index contributed by atoms with van der Waals surface area (Å²) in [6, 6.07) is 5.99. The predicted octanol–water partition coefficient (Wildman–Crippen LogP) is 4.63. The average molecular weight is 708 g/mol. The number of nitriles is 1. The Morgan fingerprint density at radius 3 is 2.10 bits per heavy atom. The van der Waals surface area contributed by atoms with Gasteiger partial charge in [0.2, 0.25) is 16.9 Å². The van der Waals surface area contributed by atoms with Gasteiger partial charge in [-0.25, -0.2) is 19.4 Å². The molecule has 50 heavy (non-hydrogen) atoms. The second-order valence-electron chi connectivity index (χ2n) is 12.8. The molecule has 2 fully saturated rings. The number of allylic oxidation sites excluding steroid dienone is 1. The van der Waals surface area contributed by atoms with Crippen molar-refractivity contribution in [2.45, 2.75) is 81.9 Å². The second-order valence-corrected chi connectivity index (χ2v) is 13.2. The SMILES string of the molecule is COC(=O)C1=C(C(=O)OC)[C@@]2(OC1=NC1CCCCC1)c1cc(Cl)ccc1OC1=C(C#N)C(NC3CCCCC3)=C(C(=O)OC)[C@]12C(=O)OC. The number of methoxy groups -OCH3 is 4. The number of nitrogens with one attached hydrogen (secondary N) is 1. The minimum Gasteiger partial charge on any atom is -0.468 e. The van der Waals surface area contributed by atoms with Crippen molar-refractivity contribution in [3.63, 3.8) is 0 Å². The van der Waals surface area contributed by atoms with Crippen LogP contribution in [0, 0.1) is 16.7 Å². The Morgan fingerprint density at radius 2 is 1.50 bits per heavy atom. The summed E-state index contributed by atoms with van der Waals surface area (Å²) in [5.74, 6) is -4.98. The van der Waals surface area contributed by atoms with Crippen LogP contribution in [0.1, 0.15) is 69.8 Å². The zero-order valence-electron chi connectivity index (χ0n) is 28.3. The molecule has 5 aliphatic rings. The zero-order valence-corrected chi connectivity index (χ0v) is 29.1. The normalized spacial score (nSPS) is 25.7. The molecule has 6 rings (SSSR count). The van der Waals surface area contributed by atoms with E-state index in [1.54, 1.807) is 0 Å². The molecular formula is C36H38ClN3O10. The van der Waals surface area contributed by atoms with E-state index in [2.05, 4.69) is 11.4 Å². The van der Waals surface area contributed by atoms with Crippen LogP contribution in [0.2, 0.25) is 5.02 Å². The van der Waals surface area contributed by atoms with E-state index in [0.717, 1.165) is 67.0 Å². The number of nitrogens with zero attached hydrogens (tertiary/aromatic N) is 2. The summed E-state index contributed by atoms with van der Waals surface area (Å²) in [4.78, 5) is 62.2. The van der Waals surface area contributed by atoms with E-state index >= 15 is 0 Å². The van der Waals surface area contributed by atoms with Gasteiger partial charge in [0.1, 0.15) is 28.5 Å². The van der Waals surface area contributed by atoms with Crippen LogP contribution in [0.25, 0.3) is 0 Å². The van der Waals surface area contributed by atoms with Crippen molar-refractivity contribution in [3.05, 3.63) is 62.5 Å². The zero-order chi connectivity index (χ0) is 35.8. The average Bonchev–Trinajstić information content (AvgIpc) is 3.62. The highest BCUT2D eigenvalue weighted by atomic mass is 35.5. The van der Waals surface area contributed by atoms with E-state index in [1.165, 1.54) is 18.2 Å². The quantitative estimate of drug-likeness (QED) is 0.308. The first-order valence-electron chi connectivity index (χ1n) is 16.6. The molecule has 1 N–H and O–H groups in total. The van der Waals surface area contributed by atoms with E-state index in [-0.39, 0.29) is 51.3 Å². The van der Waals surface area contributed by atoms with Crippen molar-refractivity contribution < 1.29 is 47.6 Å². The van der Waals surface area contributed by atoms with Gasteiger partial charge in [-0.2, -0.15) is 5.26 Å². The van der Waals surface area contributed by atoms with Crippen LogP contribution in [0.3, 0.4) is 0 Å². The van der Waals surface area contributed by atoms with Gasteiger partial charge in [0.15, 0.2) is 5.76 Å². The van der Waals surface area contributed by atoms with Gasteiger partial charge < -0.3 is 33.7 Å². The smallest absolute Gasteiger partial charge is 0.344 e. The van der Waals surface area contributed by atoms with Crippen molar-refractivity contribution in [1.82, 2.24) is 5.32 Å². The predicted molar refractivity (Wildman–Crippen MR) is 176 cm³/mol. The number of benzene rings is 1. The molecule has 1 aromatic carbocycles. The molecular weight excluding hydrogens is 670 g/mol. The van der Waals surface area contributed by atoms with Crippen molar-refractivity contribution >= 4 is 41.4 Å². The molecule has 0 bridgehead atoms. The fourth-order valence-corrected chi connectivity index (χ4v) is 8.18. The molecule has 0 unspecified atom stereocenters. The number of rotatable bonds is 7. The fourth-order valence-electron chi connectivity index (χ4n) is 8.01. The third-order valence-corrected chi connectivity index (χ3v) is 10.4. The van der Waals surface area contributed by atoms with Crippen molar-refractivity contribution in [3.8, 4) is 11.8 Å². The van der Waals surface area contributed by atoms with Crippen molar-refractivity contribution in [2.75, 3.05) is 28.4 Å². The van der Waals surface area contributed by atoms with E-state index in [4.69, 9.17) is 45.0 Å². The van der Waals surface area contributed by atoms with Crippen LogP contribution in [-0.2, 0) is 48.5 Å². The third-order valence-electron chi connectivity index (χ3n) is 10.2. The molecule has 0 radical (unpaired) electrons. The molecule has 1 spiro atoms. The summed E-state index contributed by atoms with van der Waals surface area (Å²) in [5.41, 5.74) is -6.81. The second kappa shape index (κ2) is 13.8. The van der Waals surface area contributed by atoms with Crippen LogP contribution in [0.5, 0.6) is 5.75 Å². The number of hydrogen-bond donors (Lipinski definition) is 1. The van der Waals surface area contributed by atoms with Gasteiger partial charge in [0.25, 0.3) is 0 Å². The monoisotopic (exact) mass is 707 g/mol. The Labute approximate surface area is 294 Å². The lowest BCUT2D eigenvalue weighted by atomic mass is 9.59. The minimum atomic E-state index is -2.62. The third kappa shape index (κ3) is 5.14.